The number of Topliss-reactive ketones (excluding diaryl/α,β-unsaturated/α-hetero) is 3. The van der Waals surface area contributed by atoms with E-state index < -0.39 is 28.3 Å². The smallest absolute Gasteiger partial charge is 0.183 e. The van der Waals surface area contributed by atoms with E-state index in [4.69, 9.17) is 9.47 Å². The summed E-state index contributed by atoms with van der Waals surface area (Å²) in [6.07, 6.45) is 12.8. The minimum absolute atomic E-state index is 0.00441. The minimum Gasteiger partial charge on any atom is -0.511 e. The molecule has 1 spiro atoms. The Morgan fingerprint density at radius 2 is 1.58 bits per heavy atom. The first-order chi connectivity index (χ1) is 28.1. The van der Waals surface area contributed by atoms with Crippen molar-refractivity contribution in [3.63, 3.8) is 0 Å². The van der Waals surface area contributed by atoms with E-state index in [2.05, 4.69) is 86.4 Å². The van der Waals surface area contributed by atoms with Gasteiger partial charge in [0.05, 0.1) is 24.0 Å². The van der Waals surface area contributed by atoms with Crippen LogP contribution in [-0.4, -0.2) is 65.4 Å². The number of nitrogens with zero attached hydrogens (tertiary/aromatic N) is 1. The molecule has 6 rings (SSSR count). The lowest BCUT2D eigenvalue weighted by Crippen LogP contribution is -2.71. The summed E-state index contributed by atoms with van der Waals surface area (Å²) in [5.41, 5.74) is -0.769. The molecule has 8 heteroatoms. The third kappa shape index (κ3) is 8.56. The minimum atomic E-state index is -1.71. The number of hydrogen-bond acceptors (Lipinski definition) is 8. The monoisotopic (exact) mass is 832 g/mol. The van der Waals surface area contributed by atoms with Gasteiger partial charge in [-0.1, -0.05) is 114 Å². The van der Waals surface area contributed by atoms with Gasteiger partial charge in [0, 0.05) is 30.0 Å². The van der Waals surface area contributed by atoms with Crippen LogP contribution < -0.4 is 9.47 Å². The zero-order valence-corrected chi connectivity index (χ0v) is 39.7. The highest BCUT2D eigenvalue weighted by Gasteiger charge is 2.76. The second kappa shape index (κ2) is 18.8. The number of hydrogen-bond donors (Lipinski definition) is 2. The van der Waals surface area contributed by atoms with Gasteiger partial charge < -0.3 is 24.6 Å². The summed E-state index contributed by atoms with van der Waals surface area (Å²) in [4.78, 5) is 46.9. The van der Waals surface area contributed by atoms with Crippen LogP contribution in [0.2, 0.25) is 0 Å². The fourth-order valence-electron chi connectivity index (χ4n) is 11.6. The van der Waals surface area contributed by atoms with Gasteiger partial charge in [-0.2, -0.15) is 0 Å². The summed E-state index contributed by atoms with van der Waals surface area (Å²) >= 11 is 0. The number of aliphatic hydroxyl groups is 2. The molecule has 8 nitrogen and oxygen atoms in total. The van der Waals surface area contributed by atoms with E-state index in [1.165, 1.54) is 11.1 Å². The Balaban J connectivity index is 0.000000269. The number of methoxy groups -OCH3 is 1. The van der Waals surface area contributed by atoms with E-state index in [-0.39, 0.29) is 40.5 Å². The predicted molar refractivity (Wildman–Crippen MR) is 241 cm³/mol. The fourth-order valence-corrected chi connectivity index (χ4v) is 11.6. The molecule has 2 aliphatic heterocycles. The van der Waals surface area contributed by atoms with Crippen molar-refractivity contribution in [3.8, 4) is 11.5 Å². The van der Waals surface area contributed by atoms with Crippen LogP contribution in [-0.2, 0) is 26.3 Å². The van der Waals surface area contributed by atoms with Gasteiger partial charge in [-0.05, 0) is 112 Å². The molecule has 5 aliphatic rings. The fraction of sp³-hybridized carbons (Fsp3) is 0.750. The summed E-state index contributed by atoms with van der Waals surface area (Å²) < 4.78 is 11.8. The Hall–Kier alpha value is -2.97. The van der Waals surface area contributed by atoms with Crippen LogP contribution in [0.3, 0.4) is 0 Å². The zero-order valence-electron chi connectivity index (χ0n) is 39.7. The lowest BCUT2D eigenvalue weighted by molar-refractivity contribution is -0.182. The second-order valence-electron chi connectivity index (χ2n) is 21.7. The van der Waals surface area contributed by atoms with Crippen LogP contribution in [0, 0.1) is 51.8 Å². The maximum atomic E-state index is 15.1. The van der Waals surface area contributed by atoms with Crippen molar-refractivity contribution in [1.82, 2.24) is 4.90 Å². The van der Waals surface area contributed by atoms with Crippen molar-refractivity contribution in [1.29, 1.82) is 0 Å². The van der Waals surface area contributed by atoms with Crippen molar-refractivity contribution in [2.45, 2.75) is 177 Å². The topological polar surface area (TPSA) is 113 Å². The third-order valence-electron chi connectivity index (χ3n) is 15.2. The third-order valence-corrected chi connectivity index (χ3v) is 15.2. The van der Waals surface area contributed by atoms with Crippen molar-refractivity contribution < 1.29 is 34.1 Å². The first-order valence-corrected chi connectivity index (χ1v) is 23.6. The summed E-state index contributed by atoms with van der Waals surface area (Å²) in [5, 5.41) is 21.9. The van der Waals surface area contributed by atoms with Gasteiger partial charge >= 0.3 is 0 Å². The summed E-state index contributed by atoms with van der Waals surface area (Å²) in [5.74, 6) is 2.07. The molecule has 0 amide bonds. The molecule has 0 saturated heterocycles. The lowest BCUT2D eigenvalue weighted by atomic mass is 9.37. The second-order valence-corrected chi connectivity index (χ2v) is 21.7. The Morgan fingerprint density at radius 3 is 2.18 bits per heavy atom. The average molecular weight is 832 g/mol. The number of ketones is 3. The zero-order chi connectivity index (χ0) is 44.5. The number of aliphatic hydroxyl groups excluding tert-OH is 2. The average Bonchev–Trinajstić information content (AvgIpc) is 3.43. The molecule has 0 radical (unpaired) electrons. The molecule has 1 aromatic carbocycles. The van der Waals surface area contributed by atoms with Crippen LogP contribution in [0.5, 0.6) is 11.5 Å². The highest BCUT2D eigenvalue weighted by atomic mass is 16.5. The quantitative estimate of drug-likeness (QED) is 0.125. The van der Waals surface area contributed by atoms with Gasteiger partial charge in [-0.25, -0.2) is 0 Å². The number of carbonyl (C=O) groups excluding carboxylic acids is 3. The van der Waals surface area contributed by atoms with Gasteiger partial charge in [-0.3, -0.25) is 14.4 Å². The van der Waals surface area contributed by atoms with E-state index in [9.17, 15) is 19.8 Å². The summed E-state index contributed by atoms with van der Waals surface area (Å²) in [6, 6.07) is 4.16. The molecule has 336 valence electrons. The molecule has 60 heavy (non-hydrogen) atoms. The Labute approximate surface area is 363 Å². The molecule has 0 unspecified atom stereocenters. The number of carbonyl (C=O) groups is 3. The normalized spacial score (nSPS) is 31.1. The molecule has 7 atom stereocenters. The van der Waals surface area contributed by atoms with Crippen LogP contribution in [0.25, 0.3) is 0 Å². The van der Waals surface area contributed by atoms with Crippen molar-refractivity contribution in [2.24, 2.45) is 51.8 Å². The largest absolute Gasteiger partial charge is 0.511 e. The molecule has 2 N–H and O–H groups in total. The number of rotatable bonds is 16. The van der Waals surface area contributed by atoms with E-state index in [0.717, 1.165) is 69.5 Å². The van der Waals surface area contributed by atoms with Gasteiger partial charge in [0.1, 0.15) is 11.9 Å². The number of ether oxygens (including phenoxy) is 2. The van der Waals surface area contributed by atoms with Gasteiger partial charge in [-0.15, -0.1) is 0 Å². The molecule has 0 aromatic heterocycles. The summed E-state index contributed by atoms with van der Waals surface area (Å²) in [7, 11) is 3.84. The molecular weight excluding hydrogens is 751 g/mol. The molecule has 2 heterocycles. The number of benzene rings is 1. The van der Waals surface area contributed by atoms with Crippen molar-refractivity contribution >= 4 is 17.3 Å². The van der Waals surface area contributed by atoms with E-state index in [1.54, 1.807) is 7.11 Å². The van der Waals surface area contributed by atoms with Gasteiger partial charge in [0.2, 0.25) is 0 Å². The number of fused-ring (bicyclic) bond motifs is 2. The van der Waals surface area contributed by atoms with Gasteiger partial charge in [0.25, 0.3) is 0 Å². The Bertz CT molecular complexity index is 1790. The van der Waals surface area contributed by atoms with Crippen molar-refractivity contribution in [3.05, 3.63) is 46.7 Å². The lowest BCUT2D eigenvalue weighted by Gasteiger charge is -2.61. The number of allylic oxidation sites excluding steroid dienone is 2. The van der Waals surface area contributed by atoms with Crippen molar-refractivity contribution in [2.75, 3.05) is 20.7 Å². The highest BCUT2D eigenvalue weighted by molar-refractivity contribution is 6.33. The van der Waals surface area contributed by atoms with Crippen LogP contribution in [0.4, 0.5) is 0 Å². The summed E-state index contributed by atoms with van der Waals surface area (Å²) in [6.45, 7) is 25.0. The standard InChI is InChI=1S/C35H60O4.C17H21NO3/c1-22(2)13-12-19-33(11)27(16-14-23(3)4)21-34(20-18-25(7)8)30(37)28(17-15-24(5)6)31(38)35(33,32(34)39)29(36)26(9)10;1-18-8-7-17-6-5-12(19)9-14(17)21-16-13(20-2)4-3-11(10-18)15(16)17/h22-27,37H,12-21H2,1-11H3;3-6,12,14,19H,7-10H2,1-2H3/t27-,33+,34-,35+;12-,14-,17-/m00/s1. The van der Waals surface area contributed by atoms with Crippen LogP contribution in [0.1, 0.15) is 164 Å². The molecule has 3 aliphatic carbocycles. The van der Waals surface area contributed by atoms with E-state index >= 15 is 4.79 Å². The van der Waals surface area contributed by atoms with E-state index in [0.29, 0.717) is 61.3 Å². The molecule has 2 bridgehead atoms. The Morgan fingerprint density at radius 1 is 0.933 bits per heavy atom. The maximum Gasteiger partial charge on any atom is 0.183 e. The first-order valence-electron chi connectivity index (χ1n) is 23.6. The van der Waals surface area contributed by atoms with Crippen LogP contribution in [0.15, 0.2) is 35.6 Å². The van der Waals surface area contributed by atoms with E-state index in [1.807, 2.05) is 26.0 Å². The highest BCUT2D eigenvalue weighted by Crippen LogP contribution is 2.68. The van der Waals surface area contributed by atoms with Crippen LogP contribution >= 0.6 is 0 Å². The molecule has 1 saturated carbocycles. The molecular formula is C52H81NO7. The Kier molecular flexibility index (Phi) is 15.1. The maximum absolute atomic E-state index is 15.1. The molecule has 1 fully saturated rings. The molecule has 1 aromatic rings. The van der Waals surface area contributed by atoms with Gasteiger partial charge in [0.15, 0.2) is 34.3 Å². The predicted octanol–water partition coefficient (Wildman–Crippen LogP) is 11.2. The first kappa shape index (κ1) is 48.1. The SMILES string of the molecule is CC(C)CCC[C@]1(C)[C@@H](CCC(C)C)C[C@]2(CCC(C)C)C(=O)[C@@]1(C(=O)C(C)C)C(=O)C(CCC(C)C)=C2O.COc1ccc2c3c1O[C@H]1C[C@@H](O)C=C[C@@]31CCN(C)C2.